The van der Waals surface area contributed by atoms with Crippen LogP contribution in [0.4, 0.5) is 0 Å². The first-order valence-electron chi connectivity index (χ1n) is 8.63. The molecule has 1 saturated heterocycles. The summed E-state index contributed by atoms with van der Waals surface area (Å²) in [5.74, 6) is 0.223. The van der Waals surface area contributed by atoms with Gasteiger partial charge in [-0.2, -0.15) is 5.10 Å². The van der Waals surface area contributed by atoms with Gasteiger partial charge in [-0.25, -0.2) is 4.98 Å². The maximum Gasteiger partial charge on any atom is 0.225 e. The monoisotopic (exact) mass is 345 g/mol. The maximum atomic E-state index is 12.9. The standard InChI is InChI=1S/C17H23N5OS/c23-16(2-10-21-9-1-5-20-21)22(13-15-19-8-11-24-15)14-12-17(14)3-6-18-7-4-17/h1,5,8-9,11,14,18H,2-4,6-7,10,12-13H2. The van der Waals surface area contributed by atoms with Gasteiger partial charge in [-0.3, -0.25) is 9.48 Å². The van der Waals surface area contributed by atoms with Crippen LogP contribution in [0, 0.1) is 5.41 Å². The van der Waals surface area contributed by atoms with Crippen molar-refractivity contribution in [2.45, 2.75) is 44.8 Å². The van der Waals surface area contributed by atoms with Crippen LogP contribution in [-0.4, -0.2) is 44.7 Å². The van der Waals surface area contributed by atoms with E-state index in [1.54, 1.807) is 17.5 Å². The van der Waals surface area contributed by atoms with Gasteiger partial charge < -0.3 is 10.2 Å². The minimum absolute atomic E-state index is 0.223. The molecule has 4 rings (SSSR count). The molecule has 1 aliphatic carbocycles. The molecule has 1 spiro atoms. The fourth-order valence-electron chi connectivity index (χ4n) is 3.86. The quantitative estimate of drug-likeness (QED) is 0.869. The van der Waals surface area contributed by atoms with Crippen molar-refractivity contribution in [3.63, 3.8) is 0 Å². The zero-order valence-corrected chi connectivity index (χ0v) is 14.5. The summed E-state index contributed by atoms with van der Waals surface area (Å²) in [6, 6.07) is 2.27. The lowest BCUT2D eigenvalue weighted by atomic mass is 9.93. The molecule has 1 amide bonds. The molecule has 2 aromatic rings. The summed E-state index contributed by atoms with van der Waals surface area (Å²) in [5, 5.41) is 10.6. The van der Waals surface area contributed by atoms with E-state index in [1.807, 2.05) is 28.5 Å². The Hall–Kier alpha value is -1.73. The molecule has 1 atom stereocenters. The first-order chi connectivity index (χ1) is 11.8. The number of aryl methyl sites for hydroxylation is 1. The lowest BCUT2D eigenvalue weighted by Gasteiger charge is -2.29. The van der Waals surface area contributed by atoms with Gasteiger partial charge in [-0.05, 0) is 43.8 Å². The lowest BCUT2D eigenvalue weighted by Crippen LogP contribution is -2.39. The van der Waals surface area contributed by atoms with Crippen LogP contribution in [0.1, 0.15) is 30.7 Å². The fourth-order valence-corrected chi connectivity index (χ4v) is 4.48. The number of piperidine rings is 1. The predicted octanol–water partition coefficient (Wildman–Crippen LogP) is 1.90. The summed E-state index contributed by atoms with van der Waals surface area (Å²) in [4.78, 5) is 19.4. The van der Waals surface area contributed by atoms with Crippen molar-refractivity contribution in [3.05, 3.63) is 35.0 Å². The largest absolute Gasteiger partial charge is 0.332 e. The second kappa shape index (κ2) is 6.64. The second-order valence-corrected chi connectivity index (χ2v) is 7.78. The summed E-state index contributed by atoms with van der Waals surface area (Å²) in [7, 11) is 0. The molecule has 7 heteroatoms. The molecule has 24 heavy (non-hydrogen) atoms. The molecule has 6 nitrogen and oxygen atoms in total. The third-order valence-corrected chi connectivity index (χ3v) is 6.11. The average Bonchev–Trinajstić information content (AvgIpc) is 3.06. The third kappa shape index (κ3) is 3.23. The van der Waals surface area contributed by atoms with E-state index in [1.165, 1.54) is 12.8 Å². The highest BCUT2D eigenvalue weighted by atomic mass is 32.1. The summed E-state index contributed by atoms with van der Waals surface area (Å²) in [5.41, 5.74) is 0.351. The van der Waals surface area contributed by atoms with Crippen LogP contribution >= 0.6 is 11.3 Å². The second-order valence-electron chi connectivity index (χ2n) is 6.80. The summed E-state index contributed by atoms with van der Waals surface area (Å²) >= 11 is 1.63. The first kappa shape index (κ1) is 15.8. The zero-order valence-electron chi connectivity index (χ0n) is 13.7. The molecular formula is C17H23N5OS. The van der Waals surface area contributed by atoms with E-state index in [-0.39, 0.29) is 5.91 Å². The molecule has 1 saturated carbocycles. The number of hydrogen-bond acceptors (Lipinski definition) is 5. The Labute approximate surface area is 145 Å². The van der Waals surface area contributed by atoms with E-state index < -0.39 is 0 Å². The number of hydrogen-bond donors (Lipinski definition) is 1. The average molecular weight is 345 g/mol. The molecule has 2 aliphatic rings. The minimum Gasteiger partial charge on any atom is -0.332 e. The van der Waals surface area contributed by atoms with E-state index in [9.17, 15) is 4.79 Å². The van der Waals surface area contributed by atoms with Gasteiger partial charge in [0, 0.05) is 43.0 Å². The molecule has 2 fully saturated rings. The van der Waals surface area contributed by atoms with Crippen LogP contribution in [-0.2, 0) is 17.9 Å². The van der Waals surface area contributed by atoms with Crippen molar-refractivity contribution in [2.75, 3.05) is 13.1 Å². The van der Waals surface area contributed by atoms with Gasteiger partial charge in [0.05, 0.1) is 6.54 Å². The van der Waals surface area contributed by atoms with Gasteiger partial charge in [0.2, 0.25) is 5.91 Å². The molecule has 3 heterocycles. The summed E-state index contributed by atoms with van der Waals surface area (Å²) in [6.07, 6.45) is 9.48. The SMILES string of the molecule is O=C(CCn1cccn1)N(Cc1nccs1)C1CC12CCNCC2. The van der Waals surface area contributed by atoms with Crippen molar-refractivity contribution in [2.24, 2.45) is 5.41 Å². The minimum atomic E-state index is 0.223. The van der Waals surface area contributed by atoms with E-state index in [0.717, 1.165) is 24.5 Å². The van der Waals surface area contributed by atoms with E-state index in [4.69, 9.17) is 0 Å². The Morgan fingerprint density at radius 3 is 3.00 bits per heavy atom. The molecule has 0 radical (unpaired) electrons. The normalized spacial score (nSPS) is 21.8. The lowest BCUT2D eigenvalue weighted by molar-refractivity contribution is -0.133. The van der Waals surface area contributed by atoms with E-state index in [0.29, 0.717) is 31.0 Å². The summed E-state index contributed by atoms with van der Waals surface area (Å²) < 4.78 is 1.83. The Bertz CT molecular complexity index is 663. The Morgan fingerprint density at radius 1 is 1.42 bits per heavy atom. The van der Waals surface area contributed by atoms with E-state index in [2.05, 4.69) is 20.3 Å². The van der Waals surface area contributed by atoms with Gasteiger partial charge in [-0.1, -0.05) is 0 Å². The molecule has 1 aliphatic heterocycles. The summed E-state index contributed by atoms with van der Waals surface area (Å²) in [6.45, 7) is 3.43. The number of rotatable bonds is 6. The Morgan fingerprint density at radius 2 is 2.29 bits per heavy atom. The van der Waals surface area contributed by atoms with Gasteiger partial charge in [-0.15, -0.1) is 11.3 Å². The molecule has 1 unspecified atom stereocenters. The van der Waals surface area contributed by atoms with Crippen LogP contribution in [0.25, 0.3) is 0 Å². The Balaban J connectivity index is 1.44. The van der Waals surface area contributed by atoms with E-state index >= 15 is 0 Å². The zero-order chi connectivity index (χ0) is 16.4. The molecule has 0 aromatic carbocycles. The predicted molar refractivity (Wildman–Crippen MR) is 92.4 cm³/mol. The van der Waals surface area contributed by atoms with Crippen LogP contribution in [0.5, 0.6) is 0 Å². The van der Waals surface area contributed by atoms with Crippen molar-refractivity contribution in [1.82, 2.24) is 25.0 Å². The third-order valence-electron chi connectivity index (χ3n) is 5.35. The highest BCUT2D eigenvalue weighted by molar-refractivity contribution is 7.09. The maximum absolute atomic E-state index is 12.9. The van der Waals surface area contributed by atoms with Crippen LogP contribution in [0.15, 0.2) is 30.0 Å². The van der Waals surface area contributed by atoms with Gasteiger partial charge in [0.25, 0.3) is 0 Å². The first-order valence-corrected chi connectivity index (χ1v) is 9.51. The van der Waals surface area contributed by atoms with Gasteiger partial charge in [0.15, 0.2) is 0 Å². The molecule has 2 aromatic heterocycles. The number of nitrogens with one attached hydrogen (secondary N) is 1. The molecular weight excluding hydrogens is 322 g/mol. The molecule has 0 bridgehead atoms. The highest BCUT2D eigenvalue weighted by Gasteiger charge is 2.57. The van der Waals surface area contributed by atoms with Gasteiger partial charge >= 0.3 is 0 Å². The fraction of sp³-hybridized carbons (Fsp3) is 0.588. The topological polar surface area (TPSA) is 63.1 Å². The smallest absolute Gasteiger partial charge is 0.225 e. The van der Waals surface area contributed by atoms with Gasteiger partial charge in [0.1, 0.15) is 5.01 Å². The highest BCUT2D eigenvalue weighted by Crippen LogP contribution is 2.56. The number of amides is 1. The number of nitrogens with zero attached hydrogens (tertiary/aromatic N) is 4. The number of carbonyl (C=O) groups is 1. The number of carbonyl (C=O) groups excluding carboxylic acids is 1. The van der Waals surface area contributed by atoms with Crippen molar-refractivity contribution >= 4 is 17.2 Å². The Kier molecular flexibility index (Phi) is 4.37. The van der Waals surface area contributed by atoms with Crippen molar-refractivity contribution < 1.29 is 4.79 Å². The molecule has 128 valence electrons. The van der Waals surface area contributed by atoms with Crippen LogP contribution in [0.2, 0.25) is 0 Å². The van der Waals surface area contributed by atoms with Crippen LogP contribution < -0.4 is 5.32 Å². The van der Waals surface area contributed by atoms with Crippen LogP contribution in [0.3, 0.4) is 0 Å². The molecule has 1 N–H and O–H groups in total. The number of aromatic nitrogens is 3. The van der Waals surface area contributed by atoms with Crippen molar-refractivity contribution in [3.8, 4) is 0 Å². The number of thiazole rings is 1. The van der Waals surface area contributed by atoms with Crippen molar-refractivity contribution in [1.29, 1.82) is 0 Å².